The third-order valence-corrected chi connectivity index (χ3v) is 3.35. The van der Waals surface area contributed by atoms with Crippen molar-refractivity contribution in [2.24, 2.45) is 5.73 Å². The number of primary amides is 1. The summed E-state index contributed by atoms with van der Waals surface area (Å²) < 4.78 is 5.50. The van der Waals surface area contributed by atoms with Crippen molar-refractivity contribution in [2.45, 2.75) is 52.4 Å². The molecule has 0 unspecified atom stereocenters. The fraction of sp³-hybridized carbons (Fsp3) is 0.588. The van der Waals surface area contributed by atoms with E-state index in [9.17, 15) is 4.79 Å². The molecule has 0 fully saturated rings. The molecule has 0 radical (unpaired) electrons. The monoisotopic (exact) mass is 293 g/mol. The van der Waals surface area contributed by atoms with E-state index in [1.165, 1.54) is 0 Å². The summed E-state index contributed by atoms with van der Waals surface area (Å²) in [5.41, 5.74) is 7.84. The van der Waals surface area contributed by atoms with Crippen molar-refractivity contribution in [3.05, 3.63) is 28.8 Å². The highest BCUT2D eigenvalue weighted by atomic mass is 16.5. The van der Waals surface area contributed by atoms with E-state index in [1.807, 2.05) is 12.1 Å². The van der Waals surface area contributed by atoms with Crippen LogP contribution in [0.1, 0.15) is 63.0 Å². The van der Waals surface area contributed by atoms with E-state index in [-0.39, 0.29) is 24.0 Å². The van der Waals surface area contributed by atoms with Gasteiger partial charge in [-0.15, -0.1) is 0 Å². The van der Waals surface area contributed by atoms with Gasteiger partial charge in [0.25, 0.3) is 5.91 Å². The topological polar surface area (TPSA) is 72.6 Å². The van der Waals surface area contributed by atoms with E-state index in [4.69, 9.17) is 15.6 Å². The SMILES string of the molecule is CC(C)(C)c1cc(OCCO)c(C(N)=O)cc1C(C)(C)C. The van der Waals surface area contributed by atoms with Crippen LogP contribution in [-0.2, 0) is 10.8 Å². The van der Waals surface area contributed by atoms with Crippen LogP contribution in [0.3, 0.4) is 0 Å². The number of hydrogen-bond acceptors (Lipinski definition) is 3. The normalized spacial score (nSPS) is 12.3. The van der Waals surface area contributed by atoms with E-state index in [0.717, 1.165) is 11.1 Å². The third-order valence-electron chi connectivity index (χ3n) is 3.35. The second-order valence-corrected chi connectivity index (χ2v) is 7.33. The molecule has 0 aliphatic heterocycles. The molecule has 4 nitrogen and oxygen atoms in total. The molecular weight excluding hydrogens is 266 g/mol. The Morgan fingerprint density at radius 3 is 1.95 bits per heavy atom. The van der Waals surface area contributed by atoms with Crippen LogP contribution in [-0.4, -0.2) is 24.2 Å². The smallest absolute Gasteiger partial charge is 0.252 e. The number of ether oxygens (including phenoxy) is 1. The second-order valence-electron chi connectivity index (χ2n) is 7.33. The molecule has 0 aromatic heterocycles. The summed E-state index contributed by atoms with van der Waals surface area (Å²) in [6.07, 6.45) is 0. The number of aliphatic hydroxyl groups is 1. The maximum Gasteiger partial charge on any atom is 0.252 e. The van der Waals surface area contributed by atoms with E-state index < -0.39 is 5.91 Å². The van der Waals surface area contributed by atoms with Gasteiger partial charge in [0, 0.05) is 0 Å². The second kappa shape index (κ2) is 6.06. The molecule has 0 atom stereocenters. The molecule has 0 saturated heterocycles. The van der Waals surface area contributed by atoms with Crippen molar-refractivity contribution in [3.8, 4) is 5.75 Å². The number of amides is 1. The first-order valence-corrected chi connectivity index (χ1v) is 7.21. The van der Waals surface area contributed by atoms with Gasteiger partial charge in [-0.2, -0.15) is 0 Å². The largest absolute Gasteiger partial charge is 0.490 e. The van der Waals surface area contributed by atoms with Gasteiger partial charge in [-0.25, -0.2) is 0 Å². The standard InChI is InChI=1S/C17H27NO3/c1-16(2,3)12-9-11(15(18)20)14(21-8-7-19)10-13(12)17(4,5)6/h9-10,19H,7-8H2,1-6H3,(H2,18,20). The minimum absolute atomic E-state index is 0.0872. The molecule has 0 spiro atoms. The molecule has 1 amide bonds. The summed E-state index contributed by atoms with van der Waals surface area (Å²) in [5, 5.41) is 8.93. The highest BCUT2D eigenvalue weighted by Gasteiger charge is 2.28. The molecule has 1 aromatic rings. The zero-order valence-electron chi connectivity index (χ0n) is 13.9. The van der Waals surface area contributed by atoms with Gasteiger partial charge in [0.05, 0.1) is 12.2 Å². The minimum atomic E-state index is -0.520. The van der Waals surface area contributed by atoms with Crippen LogP contribution in [0.2, 0.25) is 0 Å². The predicted molar refractivity (Wildman–Crippen MR) is 84.9 cm³/mol. The Balaban J connectivity index is 3.58. The highest BCUT2D eigenvalue weighted by Crippen LogP contribution is 2.38. The molecule has 0 heterocycles. The Morgan fingerprint density at radius 1 is 1.10 bits per heavy atom. The summed E-state index contributed by atoms with van der Waals surface area (Å²) >= 11 is 0. The molecule has 3 N–H and O–H groups in total. The fourth-order valence-electron chi connectivity index (χ4n) is 2.29. The van der Waals surface area contributed by atoms with Gasteiger partial charge in [0.2, 0.25) is 0 Å². The van der Waals surface area contributed by atoms with Crippen LogP contribution in [0, 0.1) is 0 Å². The number of aliphatic hydroxyl groups excluding tert-OH is 1. The zero-order valence-corrected chi connectivity index (χ0v) is 13.9. The molecule has 0 bridgehead atoms. The van der Waals surface area contributed by atoms with Gasteiger partial charge in [-0.3, -0.25) is 4.79 Å². The fourth-order valence-corrected chi connectivity index (χ4v) is 2.29. The number of rotatable bonds is 4. The molecular formula is C17H27NO3. The number of benzene rings is 1. The molecule has 0 aliphatic rings. The Bertz CT molecular complexity index is 522. The minimum Gasteiger partial charge on any atom is -0.490 e. The lowest BCUT2D eigenvalue weighted by Gasteiger charge is -2.31. The van der Waals surface area contributed by atoms with Crippen molar-refractivity contribution in [2.75, 3.05) is 13.2 Å². The lowest BCUT2D eigenvalue weighted by molar-refractivity contribution is 0.0994. The molecule has 0 aliphatic carbocycles. The summed E-state index contributed by atoms with van der Waals surface area (Å²) in [7, 11) is 0. The lowest BCUT2D eigenvalue weighted by atomic mass is 9.74. The summed E-state index contributed by atoms with van der Waals surface area (Å²) in [6, 6.07) is 3.71. The maximum atomic E-state index is 11.7. The van der Waals surface area contributed by atoms with Crippen LogP contribution in [0.25, 0.3) is 0 Å². The van der Waals surface area contributed by atoms with Gasteiger partial charge >= 0.3 is 0 Å². The number of carbonyl (C=O) groups is 1. The molecule has 118 valence electrons. The predicted octanol–water partition coefficient (Wildman–Crippen LogP) is 2.75. The van der Waals surface area contributed by atoms with Gasteiger partial charge in [-0.05, 0) is 34.1 Å². The van der Waals surface area contributed by atoms with E-state index >= 15 is 0 Å². The van der Waals surface area contributed by atoms with Crippen molar-refractivity contribution < 1.29 is 14.6 Å². The average molecular weight is 293 g/mol. The number of carbonyl (C=O) groups excluding carboxylic acids is 1. The summed E-state index contributed by atoms with van der Waals surface area (Å²) in [6.45, 7) is 12.7. The first-order chi connectivity index (χ1) is 9.48. The Labute approximate surface area is 127 Å². The number of nitrogens with two attached hydrogens (primary N) is 1. The molecule has 21 heavy (non-hydrogen) atoms. The Kier molecular flexibility index (Phi) is 5.05. The van der Waals surface area contributed by atoms with Crippen molar-refractivity contribution in [3.63, 3.8) is 0 Å². The van der Waals surface area contributed by atoms with Crippen molar-refractivity contribution >= 4 is 5.91 Å². The van der Waals surface area contributed by atoms with Crippen LogP contribution in [0.5, 0.6) is 5.75 Å². The Morgan fingerprint density at radius 2 is 1.57 bits per heavy atom. The van der Waals surface area contributed by atoms with Gasteiger partial charge in [0.1, 0.15) is 12.4 Å². The van der Waals surface area contributed by atoms with E-state index in [1.54, 1.807) is 0 Å². The van der Waals surface area contributed by atoms with E-state index in [2.05, 4.69) is 41.5 Å². The van der Waals surface area contributed by atoms with Crippen LogP contribution in [0.4, 0.5) is 0 Å². The highest BCUT2D eigenvalue weighted by molar-refractivity contribution is 5.96. The first kappa shape index (κ1) is 17.5. The first-order valence-electron chi connectivity index (χ1n) is 7.21. The summed E-state index contributed by atoms with van der Waals surface area (Å²) in [5.74, 6) is -0.0802. The van der Waals surface area contributed by atoms with E-state index in [0.29, 0.717) is 11.3 Å². The van der Waals surface area contributed by atoms with Gasteiger partial charge < -0.3 is 15.6 Å². The van der Waals surface area contributed by atoms with Crippen molar-refractivity contribution in [1.29, 1.82) is 0 Å². The molecule has 1 aromatic carbocycles. The van der Waals surface area contributed by atoms with Crippen LogP contribution in [0.15, 0.2) is 12.1 Å². The maximum absolute atomic E-state index is 11.7. The van der Waals surface area contributed by atoms with Gasteiger partial charge in [0.15, 0.2) is 0 Å². The van der Waals surface area contributed by atoms with Crippen LogP contribution < -0.4 is 10.5 Å². The van der Waals surface area contributed by atoms with Crippen LogP contribution >= 0.6 is 0 Å². The average Bonchev–Trinajstić information content (AvgIpc) is 2.32. The van der Waals surface area contributed by atoms with Crippen molar-refractivity contribution in [1.82, 2.24) is 0 Å². The lowest BCUT2D eigenvalue weighted by Crippen LogP contribution is -2.24. The third kappa shape index (κ3) is 4.21. The summed E-state index contributed by atoms with van der Waals surface area (Å²) in [4.78, 5) is 11.7. The number of hydrogen-bond donors (Lipinski definition) is 2. The Hall–Kier alpha value is -1.55. The van der Waals surface area contributed by atoms with Gasteiger partial charge in [-0.1, -0.05) is 41.5 Å². The molecule has 1 rings (SSSR count). The zero-order chi connectivity index (χ0) is 16.4. The molecule has 0 saturated carbocycles. The quantitative estimate of drug-likeness (QED) is 0.896. The molecule has 4 heteroatoms.